The van der Waals surface area contributed by atoms with Crippen LogP contribution < -0.4 is 5.32 Å². The molecular weight excluding hydrogens is 1150 g/mol. The van der Waals surface area contributed by atoms with Gasteiger partial charge in [0.2, 0.25) is 5.91 Å². The van der Waals surface area contributed by atoms with Gasteiger partial charge in [0, 0.05) is 6.42 Å². The van der Waals surface area contributed by atoms with Crippen LogP contribution in [0.4, 0.5) is 0 Å². The molecule has 0 aliphatic heterocycles. The molecule has 9 heteroatoms. The van der Waals surface area contributed by atoms with E-state index >= 15 is 0 Å². The lowest BCUT2D eigenvalue weighted by Gasteiger charge is -2.25. The van der Waals surface area contributed by atoms with E-state index < -0.39 is 20.0 Å². The van der Waals surface area contributed by atoms with Gasteiger partial charge in [-0.25, -0.2) is 4.57 Å². The summed E-state index contributed by atoms with van der Waals surface area (Å²) in [6.07, 6.45) is 109. The zero-order valence-corrected chi connectivity index (χ0v) is 61.6. The molecule has 0 radical (unpaired) electrons. The molecule has 1 amide bonds. The molecule has 0 rings (SSSR count). The van der Waals surface area contributed by atoms with Crippen molar-refractivity contribution in [3.05, 3.63) is 134 Å². The molecule has 0 aromatic rings. The van der Waals surface area contributed by atoms with E-state index in [0.717, 1.165) is 96.3 Å². The lowest BCUT2D eigenvalue weighted by Crippen LogP contribution is -2.45. The van der Waals surface area contributed by atoms with Crippen molar-refractivity contribution in [1.29, 1.82) is 0 Å². The molecule has 0 aromatic heterocycles. The fourth-order valence-corrected chi connectivity index (χ4v) is 11.7. The highest BCUT2D eigenvalue weighted by Gasteiger charge is 2.28. The van der Waals surface area contributed by atoms with E-state index in [9.17, 15) is 19.4 Å². The second-order valence-electron chi connectivity index (χ2n) is 27.0. The number of aliphatic hydroxyl groups is 1. The Morgan fingerprint density at radius 2 is 0.663 bits per heavy atom. The summed E-state index contributed by atoms with van der Waals surface area (Å²) in [6, 6.07) is -0.874. The van der Waals surface area contributed by atoms with Crippen LogP contribution in [0, 0.1) is 0 Å². The Morgan fingerprint density at radius 1 is 0.380 bits per heavy atom. The van der Waals surface area contributed by atoms with Crippen molar-refractivity contribution in [3.8, 4) is 0 Å². The Kier molecular flexibility index (Phi) is 69.3. The van der Waals surface area contributed by atoms with Gasteiger partial charge in [-0.1, -0.05) is 359 Å². The van der Waals surface area contributed by atoms with Crippen LogP contribution in [0.15, 0.2) is 134 Å². The van der Waals surface area contributed by atoms with Gasteiger partial charge in [-0.3, -0.25) is 13.8 Å². The van der Waals surface area contributed by atoms with Crippen molar-refractivity contribution in [2.24, 2.45) is 0 Å². The van der Waals surface area contributed by atoms with Gasteiger partial charge in [0.1, 0.15) is 13.2 Å². The summed E-state index contributed by atoms with van der Waals surface area (Å²) in [7, 11) is 1.55. The van der Waals surface area contributed by atoms with Gasteiger partial charge in [-0.15, -0.1) is 0 Å². The maximum Gasteiger partial charge on any atom is 0.472 e. The number of hydrogen-bond acceptors (Lipinski definition) is 5. The highest BCUT2D eigenvalue weighted by Crippen LogP contribution is 2.43. The summed E-state index contributed by atoms with van der Waals surface area (Å²) in [5, 5.41) is 14.0. The van der Waals surface area contributed by atoms with Crippen LogP contribution >= 0.6 is 7.82 Å². The van der Waals surface area contributed by atoms with Crippen LogP contribution in [0.5, 0.6) is 0 Å². The number of unbranched alkanes of at least 4 members (excludes halogenated alkanes) is 37. The van der Waals surface area contributed by atoms with Gasteiger partial charge in [-0.05, 0) is 103 Å². The highest BCUT2D eigenvalue weighted by atomic mass is 31.2. The molecule has 92 heavy (non-hydrogen) atoms. The maximum absolute atomic E-state index is 13.1. The van der Waals surface area contributed by atoms with Crippen molar-refractivity contribution in [1.82, 2.24) is 5.32 Å². The van der Waals surface area contributed by atoms with Crippen molar-refractivity contribution < 1.29 is 32.9 Å². The molecule has 0 aromatic carbocycles. The van der Waals surface area contributed by atoms with Crippen LogP contribution in [0.3, 0.4) is 0 Å². The number of likely N-dealkylation sites (N-methyl/N-ethyl adjacent to an activating group) is 1. The Labute approximate surface area is 570 Å². The number of phosphoric acid groups is 1. The van der Waals surface area contributed by atoms with Crippen molar-refractivity contribution in [2.45, 2.75) is 347 Å². The number of amides is 1. The smallest absolute Gasteiger partial charge is 0.387 e. The van der Waals surface area contributed by atoms with Crippen molar-refractivity contribution in [2.75, 3.05) is 40.9 Å². The van der Waals surface area contributed by atoms with Crippen LogP contribution in [-0.4, -0.2) is 73.4 Å². The number of hydrogen-bond donors (Lipinski definition) is 3. The van der Waals surface area contributed by atoms with E-state index in [2.05, 4.69) is 141 Å². The molecule has 3 N–H and O–H groups in total. The minimum atomic E-state index is -4.37. The van der Waals surface area contributed by atoms with E-state index in [1.165, 1.54) is 218 Å². The third-order valence-electron chi connectivity index (χ3n) is 16.9. The van der Waals surface area contributed by atoms with Gasteiger partial charge in [0.05, 0.1) is 39.9 Å². The fourth-order valence-electron chi connectivity index (χ4n) is 10.9. The first-order chi connectivity index (χ1) is 45.0. The second-order valence-corrected chi connectivity index (χ2v) is 28.4. The van der Waals surface area contributed by atoms with Crippen molar-refractivity contribution >= 4 is 13.7 Å². The van der Waals surface area contributed by atoms with Gasteiger partial charge in [0.25, 0.3) is 0 Å². The summed E-state index contributed by atoms with van der Waals surface area (Å²) < 4.78 is 23.8. The lowest BCUT2D eigenvalue weighted by molar-refractivity contribution is -0.870. The predicted molar refractivity (Wildman–Crippen MR) is 405 cm³/mol. The number of carbonyl (C=O) groups is 1. The van der Waals surface area contributed by atoms with E-state index in [1.807, 2.05) is 27.2 Å². The van der Waals surface area contributed by atoms with E-state index in [-0.39, 0.29) is 19.1 Å². The Bertz CT molecular complexity index is 1970. The third-order valence-corrected chi connectivity index (χ3v) is 17.8. The highest BCUT2D eigenvalue weighted by molar-refractivity contribution is 7.47. The Balaban J connectivity index is 4.08. The molecule has 3 unspecified atom stereocenters. The molecule has 0 bridgehead atoms. The SMILES string of the molecule is CC/C=C\C/C=C\C/C=C\C/C=C\C/C=C\C/C=C\C/C=C\C/C=C\C/C=C\CCCCCCCCCCCCCCCC(=O)NC(COP(=O)(O)OCC[N+](C)(C)C)C(O)/C=C/CC/C=C/CCCCCCCCCCCCCCCCCCCCCCCCC. The van der Waals surface area contributed by atoms with Crippen LogP contribution in [-0.2, 0) is 18.4 Å². The second kappa shape index (κ2) is 71.9. The molecule has 0 saturated carbocycles. The topological polar surface area (TPSA) is 105 Å². The standard InChI is InChI=1S/C83H147N2O6P/c1-6-8-10-12-14-16-18-20-22-24-26-28-30-32-34-36-37-38-39-40-41-42-43-44-45-46-47-49-51-53-55-57-59-61-63-65-67-69-71-73-75-77-83(87)84-81(80-91-92(88,89)90-79-78-85(3,4)5)82(86)76-74-72-70-68-66-64-62-60-58-56-54-52-50-48-35-33-31-29-27-25-23-21-19-17-15-13-11-9-7-2/h8,10,14,16,20,22,26,28,32,34,37-38,40-41,43-44,46-47,66,68,74,76,81-82,86H,6-7,9,11-13,15,17-19,21,23-25,27,29-31,33,35-36,39,42,45,48-65,67,69-73,75,77-80H2,1-5H3,(H-,84,87,88,89)/p+1/b10-8-,16-14-,22-20-,28-26-,34-32-,38-37-,41-40-,44-43-,47-46-,68-66+,76-74+. The Hall–Kier alpha value is -3.36. The van der Waals surface area contributed by atoms with Crippen LogP contribution in [0.2, 0.25) is 0 Å². The first-order valence-electron chi connectivity index (χ1n) is 38.6. The molecule has 8 nitrogen and oxygen atoms in total. The largest absolute Gasteiger partial charge is 0.472 e. The number of quaternary nitrogens is 1. The zero-order chi connectivity index (χ0) is 66.9. The summed E-state index contributed by atoms with van der Waals surface area (Å²) in [5.41, 5.74) is 0. The third kappa shape index (κ3) is 74.0. The number of rotatable bonds is 70. The molecule has 0 aliphatic carbocycles. The van der Waals surface area contributed by atoms with Gasteiger partial charge in [0.15, 0.2) is 0 Å². The first kappa shape index (κ1) is 88.6. The number of aliphatic hydroxyl groups excluding tert-OH is 1. The number of phosphoric ester groups is 1. The zero-order valence-electron chi connectivity index (χ0n) is 60.8. The molecule has 0 heterocycles. The Morgan fingerprint density at radius 3 is 1.00 bits per heavy atom. The summed E-state index contributed by atoms with van der Waals surface area (Å²) >= 11 is 0. The van der Waals surface area contributed by atoms with E-state index in [0.29, 0.717) is 17.4 Å². The van der Waals surface area contributed by atoms with Gasteiger partial charge in [-0.2, -0.15) is 0 Å². The molecule has 530 valence electrons. The fraction of sp³-hybridized carbons (Fsp3) is 0.723. The van der Waals surface area contributed by atoms with E-state index in [1.54, 1.807) is 6.08 Å². The molecule has 3 atom stereocenters. The molecular formula is C83H148N2O6P+. The van der Waals surface area contributed by atoms with Crippen LogP contribution in [0.1, 0.15) is 335 Å². The average molecular weight is 1300 g/mol. The van der Waals surface area contributed by atoms with Crippen LogP contribution in [0.25, 0.3) is 0 Å². The number of nitrogens with zero attached hydrogens (tertiary/aromatic N) is 1. The summed E-state index contributed by atoms with van der Waals surface area (Å²) in [4.78, 5) is 23.5. The number of allylic oxidation sites excluding steroid dienone is 21. The summed E-state index contributed by atoms with van der Waals surface area (Å²) in [6.45, 7) is 4.71. The van der Waals surface area contributed by atoms with E-state index in [4.69, 9.17) is 9.05 Å². The molecule has 0 saturated heterocycles. The number of nitrogens with one attached hydrogen (secondary N) is 1. The normalized spacial score (nSPS) is 14.3. The maximum atomic E-state index is 13.1. The summed E-state index contributed by atoms with van der Waals surface area (Å²) in [5.74, 6) is -0.189. The minimum Gasteiger partial charge on any atom is -0.387 e. The monoisotopic (exact) mass is 1300 g/mol. The van der Waals surface area contributed by atoms with Crippen molar-refractivity contribution in [3.63, 3.8) is 0 Å². The average Bonchev–Trinajstić information content (AvgIpc) is 2.63. The predicted octanol–water partition coefficient (Wildman–Crippen LogP) is 25.3. The molecule has 0 aliphatic rings. The van der Waals surface area contributed by atoms with Gasteiger partial charge < -0.3 is 19.8 Å². The first-order valence-corrected chi connectivity index (χ1v) is 40.1. The lowest BCUT2D eigenvalue weighted by atomic mass is 10.0. The number of carbonyl (C=O) groups excluding carboxylic acids is 1. The quantitative estimate of drug-likeness (QED) is 0.0243. The molecule has 0 spiro atoms. The molecule has 0 fully saturated rings. The van der Waals surface area contributed by atoms with Gasteiger partial charge >= 0.3 is 7.82 Å². The minimum absolute atomic E-state index is 0.0514.